The Morgan fingerprint density at radius 1 is 1.42 bits per heavy atom. The largest absolute Gasteiger partial charge is 0.384 e. The molecule has 1 saturated heterocycles. The van der Waals surface area contributed by atoms with Crippen molar-refractivity contribution in [3.05, 3.63) is 53.7 Å². The second-order valence-corrected chi connectivity index (χ2v) is 6.04. The number of nitrogens with zero attached hydrogens (tertiary/aromatic N) is 3. The summed E-state index contributed by atoms with van der Waals surface area (Å²) in [5.74, 6) is 0.263. The lowest BCUT2D eigenvalue weighted by atomic mass is 10.1. The monoisotopic (exact) mass is 329 g/mol. The van der Waals surface area contributed by atoms with E-state index in [1.54, 1.807) is 24.4 Å². The third kappa shape index (κ3) is 4.05. The van der Waals surface area contributed by atoms with Crippen molar-refractivity contribution in [3.63, 3.8) is 0 Å². The van der Waals surface area contributed by atoms with E-state index in [0.29, 0.717) is 36.0 Å². The number of carbonyl (C=O) groups is 1. The van der Waals surface area contributed by atoms with Crippen molar-refractivity contribution in [1.82, 2.24) is 20.2 Å². The van der Waals surface area contributed by atoms with Gasteiger partial charge in [0.1, 0.15) is 11.6 Å². The summed E-state index contributed by atoms with van der Waals surface area (Å²) in [6.07, 6.45) is 5.34. The molecule has 1 amide bonds. The van der Waals surface area contributed by atoms with Crippen LogP contribution in [0.3, 0.4) is 0 Å². The molecule has 0 bridgehead atoms. The second kappa shape index (κ2) is 7.35. The molecule has 1 fully saturated rings. The molecule has 24 heavy (non-hydrogen) atoms. The number of hydrogen-bond donors (Lipinski definition) is 2. The molecule has 0 aliphatic carbocycles. The summed E-state index contributed by atoms with van der Waals surface area (Å²) in [7, 11) is 0. The highest BCUT2D eigenvalue weighted by Gasteiger charge is 2.23. The number of carbonyl (C=O) groups excluding carboxylic acids is 1. The normalized spacial score (nSPS) is 17.8. The minimum atomic E-state index is -0.274. The van der Waals surface area contributed by atoms with Crippen LogP contribution in [0, 0.1) is 11.7 Å². The average Bonchev–Trinajstić information content (AvgIpc) is 3.02. The number of amides is 1. The van der Waals surface area contributed by atoms with Gasteiger partial charge in [0.15, 0.2) is 0 Å². The maximum Gasteiger partial charge on any atom is 0.251 e. The van der Waals surface area contributed by atoms with E-state index in [4.69, 9.17) is 5.73 Å². The van der Waals surface area contributed by atoms with Crippen molar-refractivity contribution in [1.29, 1.82) is 0 Å². The molecule has 7 heteroatoms. The zero-order valence-electron chi connectivity index (χ0n) is 13.3. The van der Waals surface area contributed by atoms with Gasteiger partial charge in [-0.25, -0.2) is 9.37 Å². The Morgan fingerprint density at radius 2 is 2.29 bits per heavy atom. The number of hydrogen-bond acceptors (Lipinski definition) is 5. The fraction of sp³-hybridized carbons (Fsp3) is 0.353. The van der Waals surface area contributed by atoms with Gasteiger partial charge in [0.25, 0.3) is 5.91 Å². The van der Waals surface area contributed by atoms with E-state index in [-0.39, 0.29) is 11.7 Å². The van der Waals surface area contributed by atoms with Crippen molar-refractivity contribution in [2.45, 2.75) is 13.0 Å². The predicted molar refractivity (Wildman–Crippen MR) is 88.6 cm³/mol. The van der Waals surface area contributed by atoms with Gasteiger partial charge < -0.3 is 11.1 Å². The predicted octanol–water partition coefficient (Wildman–Crippen LogP) is 1.45. The van der Waals surface area contributed by atoms with E-state index in [0.717, 1.165) is 19.5 Å². The number of nitrogens with one attached hydrogen (secondary N) is 1. The third-order valence-electron chi connectivity index (χ3n) is 4.21. The Morgan fingerprint density at radius 3 is 3.08 bits per heavy atom. The first-order chi connectivity index (χ1) is 11.6. The third-order valence-corrected chi connectivity index (χ3v) is 4.21. The number of nitrogen functional groups attached to an aromatic ring is 1. The summed E-state index contributed by atoms with van der Waals surface area (Å²) < 4.78 is 13.7. The molecule has 2 aromatic heterocycles. The number of pyridine rings is 2. The van der Waals surface area contributed by atoms with E-state index in [1.165, 1.54) is 12.4 Å². The van der Waals surface area contributed by atoms with Crippen molar-refractivity contribution in [3.8, 4) is 0 Å². The lowest BCUT2D eigenvalue weighted by Gasteiger charge is -2.16. The molecule has 0 spiro atoms. The van der Waals surface area contributed by atoms with Gasteiger partial charge in [-0.05, 0) is 37.1 Å². The minimum absolute atomic E-state index is 0.150. The van der Waals surface area contributed by atoms with Gasteiger partial charge >= 0.3 is 0 Å². The lowest BCUT2D eigenvalue weighted by Crippen LogP contribution is -2.31. The van der Waals surface area contributed by atoms with Crippen LogP contribution < -0.4 is 11.1 Å². The molecule has 2 aromatic rings. The standard InChI is InChI=1S/C17H20FN5O/c18-15-9-20-4-1-14(15)11-23-6-3-12(10-23)8-22-17(24)13-2-5-21-16(19)7-13/h1-2,4-5,7,9,12H,3,6,8,10-11H2,(H2,19,21)(H,22,24)/t12-/m0/s1. The van der Waals surface area contributed by atoms with Crippen molar-refractivity contribution < 1.29 is 9.18 Å². The van der Waals surface area contributed by atoms with Gasteiger partial charge in [-0.2, -0.15) is 0 Å². The zero-order valence-corrected chi connectivity index (χ0v) is 13.3. The Kier molecular flexibility index (Phi) is 5.00. The number of likely N-dealkylation sites (tertiary alicyclic amines) is 1. The molecular formula is C17H20FN5O. The molecule has 6 nitrogen and oxygen atoms in total. The fourth-order valence-electron chi connectivity index (χ4n) is 2.92. The zero-order chi connectivity index (χ0) is 16.9. The maximum absolute atomic E-state index is 13.7. The molecular weight excluding hydrogens is 309 g/mol. The molecule has 0 unspecified atom stereocenters. The number of aromatic nitrogens is 2. The van der Waals surface area contributed by atoms with Crippen molar-refractivity contribution >= 4 is 11.7 Å². The van der Waals surface area contributed by atoms with Crippen LogP contribution >= 0.6 is 0 Å². The van der Waals surface area contributed by atoms with Crippen LogP contribution in [0.25, 0.3) is 0 Å². The SMILES string of the molecule is Nc1cc(C(=O)NC[C@@H]2CCN(Cc3ccncc3F)C2)ccn1. The summed E-state index contributed by atoms with van der Waals surface area (Å²) in [6, 6.07) is 4.90. The lowest BCUT2D eigenvalue weighted by molar-refractivity contribution is 0.0947. The van der Waals surface area contributed by atoms with Gasteiger partial charge in [0.05, 0.1) is 6.20 Å². The summed E-state index contributed by atoms with van der Waals surface area (Å²) in [5, 5.41) is 2.93. The highest BCUT2D eigenvalue weighted by molar-refractivity contribution is 5.94. The van der Waals surface area contributed by atoms with Crippen molar-refractivity contribution in [2.24, 2.45) is 5.92 Å². The van der Waals surface area contributed by atoms with Crippen LogP contribution in [0.2, 0.25) is 0 Å². The molecule has 126 valence electrons. The van der Waals surface area contributed by atoms with Crippen LogP contribution in [0.15, 0.2) is 36.8 Å². The van der Waals surface area contributed by atoms with E-state index in [1.807, 2.05) is 0 Å². The smallest absolute Gasteiger partial charge is 0.251 e. The number of halogens is 1. The molecule has 1 aliphatic heterocycles. The average molecular weight is 329 g/mol. The highest BCUT2D eigenvalue weighted by atomic mass is 19.1. The van der Waals surface area contributed by atoms with Gasteiger partial charge in [-0.1, -0.05) is 0 Å². The quantitative estimate of drug-likeness (QED) is 0.867. The highest BCUT2D eigenvalue weighted by Crippen LogP contribution is 2.19. The first kappa shape index (κ1) is 16.3. The first-order valence-electron chi connectivity index (χ1n) is 7.92. The Balaban J connectivity index is 1.48. The van der Waals surface area contributed by atoms with Crippen LogP contribution in [-0.2, 0) is 6.54 Å². The van der Waals surface area contributed by atoms with Gasteiger partial charge in [-0.15, -0.1) is 0 Å². The van der Waals surface area contributed by atoms with E-state index in [9.17, 15) is 9.18 Å². The van der Waals surface area contributed by atoms with Crippen molar-refractivity contribution in [2.75, 3.05) is 25.4 Å². The molecule has 1 aliphatic rings. The Labute approximate surface area is 139 Å². The summed E-state index contributed by atoms with van der Waals surface area (Å²) in [6.45, 7) is 2.89. The molecule has 0 radical (unpaired) electrons. The van der Waals surface area contributed by atoms with Crippen LogP contribution in [0.5, 0.6) is 0 Å². The summed E-state index contributed by atoms with van der Waals surface area (Å²) >= 11 is 0. The molecule has 3 N–H and O–H groups in total. The van der Waals surface area contributed by atoms with Gasteiger partial charge in [-0.3, -0.25) is 14.7 Å². The Hall–Kier alpha value is -2.54. The minimum Gasteiger partial charge on any atom is -0.384 e. The summed E-state index contributed by atoms with van der Waals surface area (Å²) in [4.78, 5) is 21.9. The molecule has 3 heterocycles. The van der Waals surface area contributed by atoms with Gasteiger partial charge in [0, 0.05) is 43.2 Å². The molecule has 1 atom stereocenters. The van der Waals surface area contributed by atoms with Crippen LogP contribution in [0.4, 0.5) is 10.2 Å². The van der Waals surface area contributed by atoms with Crippen LogP contribution in [0.1, 0.15) is 22.3 Å². The molecule has 0 aromatic carbocycles. The number of rotatable bonds is 5. The topological polar surface area (TPSA) is 84.1 Å². The van der Waals surface area contributed by atoms with Crippen LogP contribution in [-0.4, -0.2) is 40.4 Å². The maximum atomic E-state index is 13.7. The van der Waals surface area contributed by atoms with E-state index in [2.05, 4.69) is 20.2 Å². The van der Waals surface area contributed by atoms with E-state index < -0.39 is 0 Å². The van der Waals surface area contributed by atoms with E-state index >= 15 is 0 Å². The molecule has 0 saturated carbocycles. The second-order valence-electron chi connectivity index (χ2n) is 6.04. The van der Waals surface area contributed by atoms with Gasteiger partial charge in [0.2, 0.25) is 0 Å². The fourth-order valence-corrected chi connectivity index (χ4v) is 2.92. The Bertz CT molecular complexity index is 724. The number of anilines is 1. The summed E-state index contributed by atoms with van der Waals surface area (Å²) in [5.41, 5.74) is 6.75. The number of nitrogens with two attached hydrogens (primary N) is 1. The molecule has 3 rings (SSSR count). The first-order valence-corrected chi connectivity index (χ1v) is 7.92.